The van der Waals surface area contributed by atoms with Crippen LogP contribution in [0.1, 0.15) is 27.2 Å². The number of nitrogens with zero attached hydrogens (tertiary/aromatic N) is 2. The van der Waals surface area contributed by atoms with Crippen LogP contribution >= 0.6 is 11.3 Å². The third-order valence-electron chi connectivity index (χ3n) is 3.71. The normalized spacial score (nSPS) is 10.8. The highest BCUT2D eigenvalue weighted by Gasteiger charge is 2.17. The standard InChI is InChI=1S/C18H18FN3OS/c1-4-22-17(15-8-11(2)24-12(15)3)10-16(21-22)18(23)20-14-7-5-6-13(19)9-14/h5-10H,4H2,1-3H3,(H,20,23). The van der Waals surface area contributed by atoms with E-state index < -0.39 is 5.82 Å². The van der Waals surface area contributed by atoms with E-state index in [9.17, 15) is 9.18 Å². The van der Waals surface area contributed by atoms with Gasteiger partial charge in [0.1, 0.15) is 5.82 Å². The van der Waals surface area contributed by atoms with Crippen LogP contribution in [0.4, 0.5) is 10.1 Å². The second-order valence-corrected chi connectivity index (χ2v) is 6.98. The molecule has 0 saturated carbocycles. The van der Waals surface area contributed by atoms with Gasteiger partial charge < -0.3 is 5.32 Å². The first-order valence-corrected chi connectivity index (χ1v) is 8.51. The molecule has 6 heteroatoms. The predicted octanol–water partition coefficient (Wildman–Crippen LogP) is 4.64. The summed E-state index contributed by atoms with van der Waals surface area (Å²) in [6, 6.07) is 9.71. The Labute approximate surface area is 143 Å². The average Bonchev–Trinajstić information content (AvgIpc) is 3.10. The minimum absolute atomic E-state index is 0.319. The highest BCUT2D eigenvalue weighted by Crippen LogP contribution is 2.31. The molecule has 2 heterocycles. The second-order valence-electron chi connectivity index (χ2n) is 5.52. The van der Waals surface area contributed by atoms with Gasteiger partial charge >= 0.3 is 0 Å². The number of benzene rings is 1. The van der Waals surface area contributed by atoms with Crippen LogP contribution in [0.2, 0.25) is 0 Å². The summed E-state index contributed by atoms with van der Waals surface area (Å²) < 4.78 is 15.1. The predicted molar refractivity (Wildman–Crippen MR) is 95.0 cm³/mol. The molecule has 1 N–H and O–H groups in total. The van der Waals surface area contributed by atoms with Gasteiger partial charge in [-0.15, -0.1) is 11.3 Å². The molecule has 4 nitrogen and oxygen atoms in total. The van der Waals surface area contributed by atoms with Crippen molar-refractivity contribution in [1.29, 1.82) is 0 Å². The van der Waals surface area contributed by atoms with E-state index in [4.69, 9.17) is 0 Å². The van der Waals surface area contributed by atoms with E-state index in [0.29, 0.717) is 17.9 Å². The van der Waals surface area contributed by atoms with E-state index in [0.717, 1.165) is 11.3 Å². The molecule has 0 aliphatic carbocycles. The van der Waals surface area contributed by atoms with Crippen LogP contribution in [-0.4, -0.2) is 15.7 Å². The highest BCUT2D eigenvalue weighted by atomic mass is 32.1. The van der Waals surface area contributed by atoms with Gasteiger partial charge in [-0.2, -0.15) is 5.10 Å². The van der Waals surface area contributed by atoms with Crippen LogP contribution in [0.15, 0.2) is 36.4 Å². The molecule has 0 unspecified atom stereocenters. The summed E-state index contributed by atoms with van der Waals surface area (Å²) in [5.74, 6) is -0.740. The van der Waals surface area contributed by atoms with Gasteiger partial charge in [0.05, 0.1) is 5.69 Å². The van der Waals surface area contributed by atoms with Crippen LogP contribution in [0.5, 0.6) is 0 Å². The average molecular weight is 343 g/mol. The summed E-state index contributed by atoms with van der Waals surface area (Å²) in [5.41, 5.74) is 2.75. The van der Waals surface area contributed by atoms with Crippen molar-refractivity contribution in [1.82, 2.24) is 9.78 Å². The Morgan fingerprint density at radius 3 is 2.71 bits per heavy atom. The smallest absolute Gasteiger partial charge is 0.276 e. The number of aryl methyl sites for hydroxylation is 3. The molecule has 24 heavy (non-hydrogen) atoms. The minimum atomic E-state index is -0.392. The molecule has 0 aliphatic rings. The van der Waals surface area contributed by atoms with E-state index >= 15 is 0 Å². The fourth-order valence-electron chi connectivity index (χ4n) is 2.63. The number of amides is 1. The summed E-state index contributed by atoms with van der Waals surface area (Å²) in [7, 11) is 0. The Bertz CT molecular complexity index is 898. The minimum Gasteiger partial charge on any atom is -0.320 e. The van der Waals surface area contributed by atoms with Crippen molar-refractivity contribution < 1.29 is 9.18 Å². The van der Waals surface area contributed by atoms with Gasteiger partial charge in [0.2, 0.25) is 0 Å². The van der Waals surface area contributed by atoms with Gasteiger partial charge in [0, 0.05) is 27.5 Å². The first-order chi connectivity index (χ1) is 11.5. The lowest BCUT2D eigenvalue weighted by atomic mass is 10.1. The molecule has 3 aromatic rings. The highest BCUT2D eigenvalue weighted by molar-refractivity contribution is 7.12. The van der Waals surface area contributed by atoms with Crippen molar-refractivity contribution >= 4 is 22.9 Å². The number of hydrogen-bond acceptors (Lipinski definition) is 3. The molecule has 0 bridgehead atoms. The summed E-state index contributed by atoms with van der Waals surface area (Å²) in [6.45, 7) is 6.77. The molecule has 1 amide bonds. The Kier molecular flexibility index (Phi) is 4.49. The monoisotopic (exact) mass is 343 g/mol. The molecule has 0 radical (unpaired) electrons. The Hall–Kier alpha value is -2.47. The maximum atomic E-state index is 13.2. The quantitative estimate of drug-likeness (QED) is 0.750. The van der Waals surface area contributed by atoms with Gasteiger partial charge in [0.15, 0.2) is 5.69 Å². The van der Waals surface area contributed by atoms with E-state index in [-0.39, 0.29) is 5.91 Å². The molecular formula is C18H18FN3OS. The maximum absolute atomic E-state index is 13.2. The number of thiophene rings is 1. The molecule has 3 rings (SSSR count). The van der Waals surface area contributed by atoms with E-state index in [1.165, 1.54) is 21.9 Å². The van der Waals surface area contributed by atoms with Crippen molar-refractivity contribution in [2.75, 3.05) is 5.32 Å². The van der Waals surface area contributed by atoms with E-state index in [1.807, 2.05) is 11.6 Å². The number of halogens is 1. The first kappa shape index (κ1) is 16.4. The summed E-state index contributed by atoms with van der Waals surface area (Å²) in [6.07, 6.45) is 0. The van der Waals surface area contributed by atoms with Crippen molar-refractivity contribution in [2.24, 2.45) is 0 Å². The fourth-order valence-corrected chi connectivity index (χ4v) is 3.57. The maximum Gasteiger partial charge on any atom is 0.276 e. The number of carbonyl (C=O) groups is 1. The van der Waals surface area contributed by atoms with Crippen LogP contribution in [0, 0.1) is 19.7 Å². The molecular weight excluding hydrogens is 325 g/mol. The fraction of sp³-hybridized carbons (Fsp3) is 0.222. The third-order valence-corrected chi connectivity index (χ3v) is 4.68. The van der Waals surface area contributed by atoms with Crippen LogP contribution in [0.3, 0.4) is 0 Å². The van der Waals surface area contributed by atoms with Crippen LogP contribution in [0.25, 0.3) is 11.3 Å². The Balaban J connectivity index is 1.92. The number of hydrogen-bond donors (Lipinski definition) is 1. The zero-order valence-corrected chi connectivity index (χ0v) is 14.6. The van der Waals surface area contributed by atoms with Crippen LogP contribution in [-0.2, 0) is 6.54 Å². The number of carbonyl (C=O) groups excluding carboxylic acids is 1. The van der Waals surface area contributed by atoms with E-state index in [1.54, 1.807) is 29.5 Å². The lowest BCUT2D eigenvalue weighted by Gasteiger charge is -2.03. The number of anilines is 1. The topological polar surface area (TPSA) is 46.9 Å². The van der Waals surface area contributed by atoms with Crippen molar-refractivity contribution in [2.45, 2.75) is 27.3 Å². The summed E-state index contributed by atoms with van der Waals surface area (Å²) in [5, 5.41) is 7.07. The SMILES string of the molecule is CCn1nc(C(=O)Nc2cccc(F)c2)cc1-c1cc(C)sc1C. The molecule has 0 atom stereocenters. The summed E-state index contributed by atoms with van der Waals surface area (Å²) in [4.78, 5) is 14.8. The second kappa shape index (κ2) is 6.57. The number of rotatable bonds is 4. The zero-order valence-electron chi connectivity index (χ0n) is 13.8. The molecule has 0 saturated heterocycles. The summed E-state index contributed by atoms with van der Waals surface area (Å²) >= 11 is 1.72. The lowest BCUT2D eigenvalue weighted by Crippen LogP contribution is -2.13. The van der Waals surface area contributed by atoms with Crippen molar-refractivity contribution in [3.8, 4) is 11.3 Å². The number of nitrogens with one attached hydrogen (secondary N) is 1. The van der Waals surface area contributed by atoms with Crippen LogP contribution < -0.4 is 5.32 Å². The van der Waals surface area contributed by atoms with E-state index in [2.05, 4.69) is 30.3 Å². The molecule has 0 fully saturated rings. The van der Waals surface area contributed by atoms with Gasteiger partial charge in [0.25, 0.3) is 5.91 Å². The van der Waals surface area contributed by atoms with Gasteiger partial charge in [-0.05, 0) is 51.1 Å². The van der Waals surface area contributed by atoms with Gasteiger partial charge in [-0.25, -0.2) is 4.39 Å². The molecule has 0 spiro atoms. The lowest BCUT2D eigenvalue weighted by molar-refractivity contribution is 0.102. The molecule has 0 aliphatic heterocycles. The van der Waals surface area contributed by atoms with Crippen molar-refractivity contribution in [3.05, 3.63) is 57.7 Å². The van der Waals surface area contributed by atoms with Gasteiger partial charge in [-0.1, -0.05) is 6.07 Å². The molecule has 1 aromatic carbocycles. The molecule has 124 valence electrons. The van der Waals surface area contributed by atoms with Crippen molar-refractivity contribution in [3.63, 3.8) is 0 Å². The Morgan fingerprint density at radius 2 is 2.08 bits per heavy atom. The third kappa shape index (κ3) is 3.23. The molecule has 2 aromatic heterocycles. The largest absolute Gasteiger partial charge is 0.320 e. The number of aromatic nitrogens is 2. The first-order valence-electron chi connectivity index (χ1n) is 7.70. The van der Waals surface area contributed by atoms with Gasteiger partial charge in [-0.3, -0.25) is 9.48 Å². The Morgan fingerprint density at radius 1 is 1.29 bits per heavy atom. The zero-order chi connectivity index (χ0) is 17.3.